The van der Waals surface area contributed by atoms with Crippen molar-refractivity contribution >= 4 is 23.0 Å². The Morgan fingerprint density at radius 3 is 2.47 bits per heavy atom. The smallest absolute Gasteiger partial charge is 0.159 e. The molecule has 4 heteroatoms. The largest absolute Gasteiger partial charge is 0.397 e. The molecule has 0 heterocycles. The zero-order valence-electron chi connectivity index (χ0n) is 10.9. The van der Waals surface area contributed by atoms with Gasteiger partial charge >= 0.3 is 0 Å². The van der Waals surface area contributed by atoms with Gasteiger partial charge in [-0.1, -0.05) is 41.9 Å². The van der Waals surface area contributed by atoms with E-state index in [9.17, 15) is 5.11 Å². The molecule has 1 unspecified atom stereocenters. The van der Waals surface area contributed by atoms with Crippen LogP contribution in [0.4, 0.5) is 11.4 Å². The molecular weight excluding hydrogens is 260 g/mol. The second-order valence-corrected chi connectivity index (χ2v) is 5.16. The molecule has 0 spiro atoms. The van der Waals surface area contributed by atoms with Gasteiger partial charge in [-0.2, -0.15) is 0 Å². The summed E-state index contributed by atoms with van der Waals surface area (Å²) in [5.74, 6) is 0. The minimum absolute atomic E-state index is 0.506. The highest BCUT2D eigenvalue weighted by molar-refractivity contribution is 6.31. The van der Waals surface area contributed by atoms with Crippen LogP contribution in [0.3, 0.4) is 0 Å². The van der Waals surface area contributed by atoms with Gasteiger partial charge in [0.05, 0.1) is 11.4 Å². The Kier molecular flexibility index (Phi) is 3.69. The van der Waals surface area contributed by atoms with Crippen molar-refractivity contribution in [3.63, 3.8) is 0 Å². The van der Waals surface area contributed by atoms with Gasteiger partial charge in [0, 0.05) is 10.6 Å². The molecular formula is C15H17ClN2O. The maximum atomic E-state index is 10.5. The summed E-state index contributed by atoms with van der Waals surface area (Å²) in [6, 6.07) is 12.9. The van der Waals surface area contributed by atoms with Crippen LogP contribution in [0.1, 0.15) is 18.1 Å². The molecule has 19 heavy (non-hydrogen) atoms. The fraction of sp³-hybridized carbons (Fsp3) is 0.200. The average molecular weight is 277 g/mol. The highest BCUT2D eigenvalue weighted by Crippen LogP contribution is 2.31. The van der Waals surface area contributed by atoms with E-state index in [1.54, 1.807) is 13.0 Å². The number of nitrogen functional groups attached to an aromatic ring is 1. The van der Waals surface area contributed by atoms with E-state index in [0.717, 1.165) is 11.1 Å². The zero-order valence-corrected chi connectivity index (χ0v) is 11.7. The molecule has 100 valence electrons. The molecule has 0 fully saturated rings. The van der Waals surface area contributed by atoms with E-state index < -0.39 is 5.72 Å². The molecule has 2 aromatic rings. The summed E-state index contributed by atoms with van der Waals surface area (Å²) in [5, 5.41) is 14.2. The number of rotatable bonds is 3. The van der Waals surface area contributed by atoms with Crippen molar-refractivity contribution < 1.29 is 5.11 Å². The topological polar surface area (TPSA) is 58.3 Å². The van der Waals surface area contributed by atoms with Crippen LogP contribution in [0.5, 0.6) is 0 Å². The molecule has 0 aliphatic carbocycles. The third-order valence-corrected chi connectivity index (χ3v) is 3.45. The van der Waals surface area contributed by atoms with Crippen molar-refractivity contribution in [3.8, 4) is 0 Å². The predicted molar refractivity (Wildman–Crippen MR) is 80.2 cm³/mol. The third-order valence-electron chi connectivity index (χ3n) is 3.04. The predicted octanol–water partition coefficient (Wildman–Crippen LogP) is 3.51. The van der Waals surface area contributed by atoms with Crippen molar-refractivity contribution in [3.05, 3.63) is 58.6 Å². The molecule has 0 amide bonds. The molecule has 0 aliphatic heterocycles. The first-order valence-corrected chi connectivity index (χ1v) is 6.39. The number of hydrogen-bond donors (Lipinski definition) is 3. The average Bonchev–Trinajstić information content (AvgIpc) is 2.37. The second kappa shape index (κ2) is 5.11. The molecule has 1 atom stereocenters. The number of aryl methyl sites for hydroxylation is 1. The Labute approximate surface area is 118 Å². The molecule has 2 rings (SSSR count). The van der Waals surface area contributed by atoms with Crippen molar-refractivity contribution in [2.75, 3.05) is 11.1 Å². The molecule has 0 saturated heterocycles. The first-order valence-electron chi connectivity index (χ1n) is 6.02. The number of nitrogens with two attached hydrogens (primary N) is 1. The lowest BCUT2D eigenvalue weighted by Crippen LogP contribution is -2.31. The van der Waals surface area contributed by atoms with Gasteiger partial charge in [-0.25, -0.2) is 0 Å². The van der Waals surface area contributed by atoms with Crippen molar-refractivity contribution in [2.24, 2.45) is 0 Å². The van der Waals surface area contributed by atoms with E-state index in [4.69, 9.17) is 17.3 Å². The Morgan fingerprint density at radius 2 is 1.84 bits per heavy atom. The van der Waals surface area contributed by atoms with Crippen LogP contribution in [0, 0.1) is 6.92 Å². The maximum absolute atomic E-state index is 10.5. The molecule has 3 nitrogen and oxygen atoms in total. The van der Waals surface area contributed by atoms with Crippen molar-refractivity contribution in [1.82, 2.24) is 0 Å². The summed E-state index contributed by atoms with van der Waals surface area (Å²) in [6.45, 7) is 3.58. The maximum Gasteiger partial charge on any atom is 0.159 e. The van der Waals surface area contributed by atoms with Crippen molar-refractivity contribution in [2.45, 2.75) is 19.6 Å². The Balaban J connectivity index is 2.33. The zero-order chi connectivity index (χ0) is 14.0. The van der Waals surface area contributed by atoms with Crippen LogP contribution in [-0.4, -0.2) is 5.11 Å². The second-order valence-electron chi connectivity index (χ2n) is 4.75. The summed E-state index contributed by atoms with van der Waals surface area (Å²) in [6.07, 6.45) is 0. The monoisotopic (exact) mass is 276 g/mol. The summed E-state index contributed by atoms with van der Waals surface area (Å²) in [4.78, 5) is 0. The molecule has 4 N–H and O–H groups in total. The minimum Gasteiger partial charge on any atom is -0.397 e. The fourth-order valence-electron chi connectivity index (χ4n) is 1.90. The molecule has 0 bridgehead atoms. The normalized spacial score (nSPS) is 13.9. The Morgan fingerprint density at radius 1 is 1.21 bits per heavy atom. The molecule has 0 saturated carbocycles. The number of aliphatic hydroxyl groups is 1. The summed E-state index contributed by atoms with van der Waals surface area (Å²) in [7, 11) is 0. The summed E-state index contributed by atoms with van der Waals surface area (Å²) < 4.78 is 0. The number of nitrogens with one attached hydrogen (secondary N) is 1. The van der Waals surface area contributed by atoms with Crippen LogP contribution >= 0.6 is 11.6 Å². The lowest BCUT2D eigenvalue weighted by atomic mass is 10.0. The highest BCUT2D eigenvalue weighted by atomic mass is 35.5. The third kappa shape index (κ3) is 3.00. The lowest BCUT2D eigenvalue weighted by Gasteiger charge is -2.27. The van der Waals surface area contributed by atoms with Gasteiger partial charge in [0.2, 0.25) is 0 Å². The van der Waals surface area contributed by atoms with E-state index in [2.05, 4.69) is 5.32 Å². The first-order chi connectivity index (χ1) is 8.90. The van der Waals surface area contributed by atoms with Crippen LogP contribution in [0.2, 0.25) is 5.02 Å². The van der Waals surface area contributed by atoms with E-state index in [1.165, 1.54) is 0 Å². The Bertz CT molecular complexity index is 582. The van der Waals surface area contributed by atoms with Crippen LogP contribution in [0.15, 0.2) is 42.5 Å². The van der Waals surface area contributed by atoms with Crippen LogP contribution < -0.4 is 11.1 Å². The summed E-state index contributed by atoms with van der Waals surface area (Å²) in [5.41, 5.74) is 7.56. The van der Waals surface area contributed by atoms with Gasteiger partial charge in [0.15, 0.2) is 5.72 Å². The van der Waals surface area contributed by atoms with Gasteiger partial charge in [-0.05, 0) is 31.5 Å². The van der Waals surface area contributed by atoms with E-state index in [-0.39, 0.29) is 0 Å². The molecule has 0 aliphatic rings. The summed E-state index contributed by atoms with van der Waals surface area (Å²) >= 11 is 6.00. The van der Waals surface area contributed by atoms with Gasteiger partial charge in [-0.15, -0.1) is 0 Å². The van der Waals surface area contributed by atoms with Gasteiger partial charge < -0.3 is 16.2 Å². The first kappa shape index (κ1) is 13.7. The number of hydrogen-bond acceptors (Lipinski definition) is 3. The Hall–Kier alpha value is -1.71. The van der Waals surface area contributed by atoms with E-state index in [0.29, 0.717) is 16.4 Å². The lowest BCUT2D eigenvalue weighted by molar-refractivity contribution is 0.0889. The number of halogens is 1. The molecule has 0 aromatic heterocycles. The number of benzene rings is 2. The quantitative estimate of drug-likeness (QED) is 0.594. The highest BCUT2D eigenvalue weighted by Gasteiger charge is 2.23. The van der Waals surface area contributed by atoms with Crippen molar-refractivity contribution in [1.29, 1.82) is 0 Å². The fourth-order valence-corrected chi connectivity index (χ4v) is 2.07. The SMILES string of the molecule is Cc1cc(NC(C)(O)c2ccccc2)c(N)cc1Cl. The van der Waals surface area contributed by atoms with Crippen LogP contribution in [0.25, 0.3) is 0 Å². The molecule has 2 aromatic carbocycles. The standard InChI is InChI=1S/C15H17ClN2O/c1-10-8-14(13(17)9-12(10)16)18-15(2,19)11-6-4-3-5-7-11/h3-9,18-19H,17H2,1-2H3. The minimum atomic E-state index is -1.20. The van der Waals surface area contributed by atoms with E-state index in [1.807, 2.05) is 43.3 Å². The van der Waals surface area contributed by atoms with Gasteiger partial charge in [0.1, 0.15) is 0 Å². The number of anilines is 2. The van der Waals surface area contributed by atoms with E-state index >= 15 is 0 Å². The van der Waals surface area contributed by atoms with Gasteiger partial charge in [-0.3, -0.25) is 0 Å². The molecule has 0 radical (unpaired) electrons. The van der Waals surface area contributed by atoms with Gasteiger partial charge in [0.25, 0.3) is 0 Å². The van der Waals surface area contributed by atoms with Crippen LogP contribution in [-0.2, 0) is 5.72 Å².